The van der Waals surface area contributed by atoms with Gasteiger partial charge < -0.3 is 0 Å². The molecule has 2 unspecified atom stereocenters. The van der Waals surface area contributed by atoms with Crippen molar-refractivity contribution in [1.82, 2.24) is 0 Å². The summed E-state index contributed by atoms with van der Waals surface area (Å²) < 4.78 is 0. The van der Waals surface area contributed by atoms with E-state index >= 15 is 0 Å². The number of thiophene rings is 2. The van der Waals surface area contributed by atoms with Crippen LogP contribution in [0.2, 0.25) is 0 Å². The van der Waals surface area contributed by atoms with E-state index in [4.69, 9.17) is 12.8 Å². The fourth-order valence-corrected chi connectivity index (χ4v) is 6.43. The summed E-state index contributed by atoms with van der Waals surface area (Å²) in [6.07, 6.45) is 11.0. The molecule has 4 aromatic rings. The number of benzene rings is 2. The Hall–Kier alpha value is -3.70. The third-order valence-electron chi connectivity index (χ3n) is 6.25. The second-order valence-corrected chi connectivity index (χ2v) is 10.1. The van der Waals surface area contributed by atoms with Crippen molar-refractivity contribution in [1.29, 1.82) is 0 Å². The van der Waals surface area contributed by atoms with Crippen molar-refractivity contribution >= 4 is 34.2 Å². The van der Waals surface area contributed by atoms with Crippen molar-refractivity contribution in [3.05, 3.63) is 92.7 Å². The largest absolute Gasteiger partial charge is 0.290 e. The van der Waals surface area contributed by atoms with Gasteiger partial charge in [0.15, 0.2) is 0 Å². The molecule has 0 saturated carbocycles. The van der Waals surface area contributed by atoms with Gasteiger partial charge in [-0.25, -0.2) is 0 Å². The maximum absolute atomic E-state index is 13.0. The average Bonchev–Trinajstić information content (AvgIpc) is 3.50. The van der Waals surface area contributed by atoms with Gasteiger partial charge in [0.2, 0.25) is 11.6 Å². The van der Waals surface area contributed by atoms with E-state index in [0.717, 1.165) is 52.9 Å². The van der Waals surface area contributed by atoms with Gasteiger partial charge in [0.25, 0.3) is 0 Å². The van der Waals surface area contributed by atoms with Crippen LogP contribution >= 0.6 is 22.7 Å². The molecule has 150 valence electrons. The van der Waals surface area contributed by atoms with Gasteiger partial charge in [0.05, 0.1) is 21.6 Å². The van der Waals surface area contributed by atoms with E-state index in [2.05, 4.69) is 24.0 Å². The maximum Gasteiger partial charge on any atom is 0.211 e. The summed E-state index contributed by atoms with van der Waals surface area (Å²) in [6.45, 7) is 0. The molecule has 2 heterocycles. The number of carbonyl (C=O) groups excluding carboxylic acids is 2. The molecule has 0 fully saturated rings. The Balaban J connectivity index is 1.50. The van der Waals surface area contributed by atoms with E-state index in [0.29, 0.717) is 0 Å². The van der Waals surface area contributed by atoms with Crippen LogP contribution in [-0.2, 0) is 9.59 Å². The molecule has 0 spiro atoms. The Bertz CT molecular complexity index is 1430. The fraction of sp³-hybridized carbons (Fsp3) is 0.0714. The van der Waals surface area contributed by atoms with E-state index in [1.807, 2.05) is 48.5 Å². The first-order valence-corrected chi connectivity index (χ1v) is 11.7. The van der Waals surface area contributed by atoms with Crippen molar-refractivity contribution in [2.45, 2.75) is 11.8 Å². The zero-order valence-corrected chi connectivity index (χ0v) is 18.3. The highest BCUT2D eigenvalue weighted by atomic mass is 32.1. The van der Waals surface area contributed by atoms with Crippen molar-refractivity contribution < 1.29 is 9.59 Å². The fourth-order valence-electron chi connectivity index (χ4n) is 4.81. The van der Waals surface area contributed by atoms with Crippen molar-refractivity contribution in [3.63, 3.8) is 0 Å². The van der Waals surface area contributed by atoms with Gasteiger partial charge in [-0.3, -0.25) is 9.59 Å². The van der Waals surface area contributed by atoms with E-state index in [9.17, 15) is 9.59 Å². The first-order valence-electron chi connectivity index (χ1n) is 10.1. The summed E-state index contributed by atoms with van der Waals surface area (Å²) in [5.41, 5.74) is 5.75. The molecule has 2 atom stereocenters. The van der Waals surface area contributed by atoms with Crippen molar-refractivity contribution in [3.8, 4) is 45.6 Å². The lowest BCUT2D eigenvalue weighted by Gasteiger charge is -2.38. The van der Waals surface area contributed by atoms with E-state index in [1.165, 1.54) is 0 Å². The van der Waals surface area contributed by atoms with Crippen molar-refractivity contribution in [2.24, 2.45) is 0 Å². The molecule has 3 aliphatic rings. The minimum atomic E-state index is -0.553. The average molecular weight is 447 g/mol. The van der Waals surface area contributed by atoms with Gasteiger partial charge in [-0.1, -0.05) is 36.1 Å². The molecule has 4 heteroatoms. The zero-order valence-electron chi connectivity index (χ0n) is 16.7. The molecule has 2 aromatic carbocycles. The van der Waals surface area contributed by atoms with Crippen LogP contribution in [-0.4, -0.2) is 11.6 Å². The zero-order chi connectivity index (χ0) is 22.0. The molecule has 32 heavy (non-hydrogen) atoms. The van der Waals surface area contributed by atoms with Crippen molar-refractivity contribution in [2.75, 3.05) is 0 Å². The first-order chi connectivity index (χ1) is 15.6. The van der Waals surface area contributed by atoms with E-state index in [-0.39, 0.29) is 11.6 Å². The number of Topliss-reactive ketones (excluding diaryl/α,β-unsaturated/α-hetero) is 2. The lowest BCUT2D eigenvalue weighted by atomic mass is 9.62. The summed E-state index contributed by atoms with van der Waals surface area (Å²) in [5.74, 6) is 3.59. The number of fused-ring (bicyclic) bond motifs is 1. The summed E-state index contributed by atoms with van der Waals surface area (Å²) in [7, 11) is 0. The molecule has 2 nitrogen and oxygen atoms in total. The van der Waals surface area contributed by atoms with E-state index in [1.54, 1.807) is 22.7 Å². The third-order valence-corrected chi connectivity index (χ3v) is 8.38. The summed E-state index contributed by atoms with van der Waals surface area (Å²) in [5, 5.41) is 0. The Morgan fingerprint density at radius 2 is 1.03 bits per heavy atom. The van der Waals surface area contributed by atoms with Crippen LogP contribution in [0, 0.1) is 24.7 Å². The number of rotatable bonds is 2. The maximum atomic E-state index is 13.0. The Morgan fingerprint density at radius 1 is 0.594 bits per heavy atom. The predicted octanol–water partition coefficient (Wildman–Crippen LogP) is 5.84. The predicted molar refractivity (Wildman–Crippen MR) is 129 cm³/mol. The van der Waals surface area contributed by atoms with Gasteiger partial charge in [-0.2, -0.15) is 0 Å². The number of hydrogen-bond acceptors (Lipinski definition) is 4. The smallest absolute Gasteiger partial charge is 0.211 e. The molecule has 0 amide bonds. The molecule has 2 aromatic heterocycles. The quantitative estimate of drug-likeness (QED) is 0.287. The van der Waals surface area contributed by atoms with Crippen LogP contribution in [0.3, 0.4) is 0 Å². The first kappa shape index (κ1) is 19.0. The highest BCUT2D eigenvalue weighted by Gasteiger charge is 2.48. The highest BCUT2D eigenvalue weighted by molar-refractivity contribution is 7.16. The van der Waals surface area contributed by atoms with Crippen LogP contribution in [0.4, 0.5) is 0 Å². The van der Waals surface area contributed by atoms with Crippen LogP contribution in [0.5, 0.6) is 0 Å². The highest BCUT2D eigenvalue weighted by Crippen LogP contribution is 2.51. The van der Waals surface area contributed by atoms with Crippen LogP contribution in [0.15, 0.2) is 60.7 Å². The Morgan fingerprint density at radius 3 is 1.41 bits per heavy atom. The minimum absolute atomic E-state index is 0.318. The normalized spacial score (nSPS) is 18.1. The molecule has 2 bridgehead atoms. The lowest BCUT2D eigenvalue weighted by molar-refractivity contribution is -0.138. The molecule has 0 saturated heterocycles. The van der Waals surface area contributed by atoms with Gasteiger partial charge in [-0.05, 0) is 69.8 Å². The molecule has 0 N–H and O–H groups in total. The third kappa shape index (κ3) is 2.61. The number of terminal acetylenes is 2. The van der Waals surface area contributed by atoms with Crippen LogP contribution < -0.4 is 0 Å². The molecule has 0 aliphatic heterocycles. The topological polar surface area (TPSA) is 34.1 Å². The molecule has 0 radical (unpaired) electrons. The molecular weight excluding hydrogens is 432 g/mol. The lowest BCUT2D eigenvalue weighted by Crippen LogP contribution is -2.40. The Labute approximate surface area is 193 Å². The standard InChI is InChI=1S/C28H14O2S2/c1-3-17-7-11-23(31-17)15-5-9-19-21(13-15)25-20-10-6-16(24-12-8-18(4-2)32-24)14-22(20)26(19)28(30)27(25)29/h1-2,5-14,25-26H. The molecule has 3 aliphatic carbocycles. The number of hydrogen-bond donors (Lipinski definition) is 0. The van der Waals surface area contributed by atoms with Gasteiger partial charge >= 0.3 is 0 Å². The summed E-state index contributed by atoms with van der Waals surface area (Å²) >= 11 is 3.09. The monoisotopic (exact) mass is 446 g/mol. The summed E-state index contributed by atoms with van der Waals surface area (Å²) in [4.78, 5) is 29.9. The molecule has 7 rings (SSSR count). The number of ketones is 2. The van der Waals surface area contributed by atoms with Gasteiger partial charge in [-0.15, -0.1) is 35.5 Å². The van der Waals surface area contributed by atoms with E-state index < -0.39 is 11.8 Å². The number of carbonyl (C=O) groups is 2. The van der Waals surface area contributed by atoms with Gasteiger partial charge in [0, 0.05) is 9.75 Å². The van der Waals surface area contributed by atoms with Gasteiger partial charge in [0.1, 0.15) is 0 Å². The minimum Gasteiger partial charge on any atom is -0.290 e. The second kappa shape index (κ2) is 6.90. The van der Waals surface area contributed by atoms with Crippen LogP contribution in [0.25, 0.3) is 20.9 Å². The SMILES string of the molecule is C#Cc1ccc(-c2ccc3c(c2)C2C(=O)C(=O)C3c3cc(-c4ccc(C#C)s4)ccc32)s1. The van der Waals surface area contributed by atoms with Crippen LogP contribution in [0.1, 0.15) is 43.8 Å². The summed E-state index contributed by atoms with van der Waals surface area (Å²) in [6, 6.07) is 20.0. The Kier molecular flexibility index (Phi) is 4.10. The molecular formula is C28H14O2S2. The second-order valence-electron chi connectivity index (χ2n) is 7.90.